The minimum absolute atomic E-state index is 0.914. The van der Waals surface area contributed by atoms with Crippen LogP contribution >= 0.6 is 0 Å². The summed E-state index contributed by atoms with van der Waals surface area (Å²) < 4.78 is 2.17. The molecule has 5 nitrogen and oxygen atoms in total. The molecule has 0 saturated carbocycles. The molecule has 65 heavy (non-hydrogen) atoms. The number of fused-ring (bicyclic) bond motifs is 1. The van der Waals surface area contributed by atoms with Crippen LogP contribution in [-0.2, 0) is 0 Å². The van der Waals surface area contributed by atoms with Gasteiger partial charge in [-0.25, -0.2) is 4.98 Å². The van der Waals surface area contributed by atoms with Crippen LogP contribution in [0.3, 0.4) is 0 Å². The Morgan fingerprint density at radius 3 is 1.08 bits per heavy atom. The van der Waals surface area contributed by atoms with Crippen molar-refractivity contribution in [3.63, 3.8) is 0 Å². The maximum Gasteiger partial charge on any atom is 0.137 e. The molecule has 0 saturated heterocycles. The molecule has 11 aromatic rings. The lowest BCUT2D eigenvalue weighted by molar-refractivity contribution is 1.19. The highest BCUT2D eigenvalue weighted by Gasteiger charge is 2.19. The van der Waals surface area contributed by atoms with E-state index in [4.69, 9.17) is 4.98 Å². The van der Waals surface area contributed by atoms with E-state index < -0.39 is 0 Å². The van der Waals surface area contributed by atoms with Gasteiger partial charge in [0.05, 0.1) is 23.3 Å². The molecule has 8 aromatic carbocycles. The largest absolute Gasteiger partial charge is 0.311 e. The third-order valence-electron chi connectivity index (χ3n) is 11.9. The fourth-order valence-electron chi connectivity index (χ4n) is 8.69. The number of hydrogen-bond acceptors (Lipinski definition) is 4. The molecule has 0 N–H and O–H groups in total. The van der Waals surface area contributed by atoms with E-state index in [0.717, 1.165) is 73.4 Å². The third-order valence-corrected chi connectivity index (χ3v) is 11.9. The standard InChI is InChI=1S/C60H43N5/c1-4-13-44(14-5-1)46-21-31-52(32-22-46)64(53-33-23-47(24-34-53)45-15-6-2-7-16-45)54-35-25-48(26-36-54)49-27-37-55(38-28-49)65(57-19-12-41-61-43-57)56-39-29-51(30-40-56)60-59(50-17-8-3-9-18-50)62-58-20-10-11-42-63(58)60/h1-43H. The molecular weight excluding hydrogens is 791 g/mol. The maximum absolute atomic E-state index is 5.05. The van der Waals surface area contributed by atoms with Gasteiger partial charge >= 0.3 is 0 Å². The van der Waals surface area contributed by atoms with Crippen LogP contribution in [-0.4, -0.2) is 14.4 Å². The van der Waals surface area contributed by atoms with E-state index in [0.29, 0.717) is 0 Å². The lowest BCUT2D eigenvalue weighted by Gasteiger charge is -2.26. The van der Waals surface area contributed by atoms with E-state index in [1.54, 1.807) is 0 Å². The van der Waals surface area contributed by atoms with Crippen LogP contribution in [0.5, 0.6) is 0 Å². The Morgan fingerprint density at radius 2 is 0.662 bits per heavy atom. The predicted octanol–water partition coefficient (Wildman–Crippen LogP) is 16.0. The van der Waals surface area contributed by atoms with Crippen molar-refractivity contribution in [1.82, 2.24) is 14.4 Å². The summed E-state index contributed by atoms with van der Waals surface area (Å²) >= 11 is 0. The molecule has 0 aliphatic heterocycles. The summed E-state index contributed by atoms with van der Waals surface area (Å²) in [6.07, 6.45) is 5.81. The summed E-state index contributed by atoms with van der Waals surface area (Å²) in [5, 5.41) is 0. The number of aromatic nitrogens is 3. The van der Waals surface area contributed by atoms with Crippen LogP contribution in [0, 0.1) is 0 Å². The Morgan fingerprint density at radius 1 is 0.292 bits per heavy atom. The Hall–Kier alpha value is -8.80. The minimum atomic E-state index is 0.914. The van der Waals surface area contributed by atoms with E-state index in [-0.39, 0.29) is 0 Å². The summed E-state index contributed by atoms with van der Waals surface area (Å²) in [6.45, 7) is 0. The average molecular weight is 834 g/mol. The fraction of sp³-hybridized carbons (Fsp3) is 0. The molecule has 0 aliphatic rings. The number of anilines is 6. The van der Waals surface area contributed by atoms with E-state index in [1.807, 2.05) is 30.6 Å². The van der Waals surface area contributed by atoms with Crippen molar-refractivity contribution in [3.8, 4) is 55.9 Å². The van der Waals surface area contributed by atoms with Crippen LogP contribution < -0.4 is 9.80 Å². The van der Waals surface area contributed by atoms with Gasteiger partial charge in [0.25, 0.3) is 0 Å². The highest BCUT2D eigenvalue weighted by Crippen LogP contribution is 2.40. The normalized spacial score (nSPS) is 11.1. The minimum Gasteiger partial charge on any atom is -0.311 e. The van der Waals surface area contributed by atoms with Crippen LogP contribution in [0.25, 0.3) is 61.5 Å². The second-order valence-corrected chi connectivity index (χ2v) is 16.0. The highest BCUT2D eigenvalue weighted by atomic mass is 15.2. The zero-order chi connectivity index (χ0) is 43.4. The molecule has 0 atom stereocenters. The molecule has 3 aromatic heterocycles. The lowest BCUT2D eigenvalue weighted by Crippen LogP contribution is -2.10. The van der Waals surface area contributed by atoms with E-state index in [1.165, 1.54) is 22.3 Å². The Kier molecular flexibility index (Phi) is 10.5. The van der Waals surface area contributed by atoms with Crippen LogP contribution in [0.4, 0.5) is 34.1 Å². The van der Waals surface area contributed by atoms with Gasteiger partial charge in [0.15, 0.2) is 0 Å². The van der Waals surface area contributed by atoms with Gasteiger partial charge in [0.2, 0.25) is 0 Å². The molecule has 308 valence electrons. The Bertz CT molecular complexity index is 3210. The molecule has 0 radical (unpaired) electrons. The summed E-state index contributed by atoms with van der Waals surface area (Å²) in [4.78, 5) is 14.1. The molecule has 0 bridgehead atoms. The van der Waals surface area contributed by atoms with Crippen molar-refractivity contribution in [1.29, 1.82) is 0 Å². The molecule has 11 rings (SSSR count). The van der Waals surface area contributed by atoms with E-state index in [2.05, 4.69) is 250 Å². The zero-order valence-corrected chi connectivity index (χ0v) is 35.6. The summed E-state index contributed by atoms with van der Waals surface area (Å²) in [6, 6.07) is 85.8. The van der Waals surface area contributed by atoms with Crippen molar-refractivity contribution in [2.45, 2.75) is 0 Å². The molecular formula is C60H43N5. The van der Waals surface area contributed by atoms with Crippen LogP contribution in [0.15, 0.2) is 261 Å². The molecule has 0 unspecified atom stereocenters. The molecule has 0 aliphatic carbocycles. The summed E-state index contributed by atoms with van der Waals surface area (Å²) in [5.74, 6) is 0. The fourth-order valence-corrected chi connectivity index (χ4v) is 8.69. The van der Waals surface area contributed by atoms with E-state index >= 15 is 0 Å². The SMILES string of the molecule is c1ccc(-c2ccc(N(c3ccc(-c4ccccc4)cc3)c3ccc(-c4ccc(N(c5ccc(-c6c(-c7ccccc7)nc7ccccn67)cc5)c5cccnc5)cc4)cc3)cc2)cc1. The van der Waals surface area contributed by atoms with Crippen molar-refractivity contribution < 1.29 is 0 Å². The Labute approximate surface area is 379 Å². The summed E-state index contributed by atoms with van der Waals surface area (Å²) in [7, 11) is 0. The first-order valence-corrected chi connectivity index (χ1v) is 21.9. The van der Waals surface area contributed by atoms with Crippen LogP contribution in [0.2, 0.25) is 0 Å². The summed E-state index contributed by atoms with van der Waals surface area (Å²) in [5.41, 5.74) is 18.5. The van der Waals surface area contributed by atoms with E-state index in [9.17, 15) is 0 Å². The first-order chi connectivity index (χ1) is 32.2. The third kappa shape index (κ3) is 7.95. The first kappa shape index (κ1) is 39.1. The van der Waals surface area contributed by atoms with Gasteiger partial charge in [-0.2, -0.15) is 0 Å². The van der Waals surface area contributed by atoms with Gasteiger partial charge in [-0.05, 0) is 118 Å². The van der Waals surface area contributed by atoms with Gasteiger partial charge < -0.3 is 9.80 Å². The molecule has 5 heteroatoms. The van der Waals surface area contributed by atoms with Gasteiger partial charge in [-0.3, -0.25) is 9.38 Å². The smallest absolute Gasteiger partial charge is 0.137 e. The molecule has 0 spiro atoms. The zero-order valence-electron chi connectivity index (χ0n) is 35.6. The number of benzene rings is 8. The van der Waals surface area contributed by atoms with Crippen molar-refractivity contribution in [2.24, 2.45) is 0 Å². The molecule has 0 amide bonds. The van der Waals surface area contributed by atoms with Gasteiger partial charge in [-0.15, -0.1) is 0 Å². The van der Waals surface area contributed by atoms with Crippen molar-refractivity contribution in [3.05, 3.63) is 261 Å². The topological polar surface area (TPSA) is 36.7 Å². The van der Waals surface area contributed by atoms with Gasteiger partial charge in [0, 0.05) is 52.0 Å². The number of pyridine rings is 2. The first-order valence-electron chi connectivity index (χ1n) is 21.9. The van der Waals surface area contributed by atoms with Crippen molar-refractivity contribution >= 4 is 39.8 Å². The highest BCUT2D eigenvalue weighted by molar-refractivity contribution is 5.85. The second kappa shape index (κ2) is 17.5. The lowest BCUT2D eigenvalue weighted by atomic mass is 10.0. The number of rotatable bonds is 11. The molecule has 3 heterocycles. The quantitative estimate of drug-likeness (QED) is 0.130. The average Bonchev–Trinajstić information content (AvgIpc) is 3.79. The number of hydrogen-bond donors (Lipinski definition) is 0. The predicted molar refractivity (Wildman–Crippen MR) is 270 cm³/mol. The maximum atomic E-state index is 5.05. The Balaban J connectivity index is 0.899. The van der Waals surface area contributed by atoms with Gasteiger partial charge in [0.1, 0.15) is 5.65 Å². The van der Waals surface area contributed by atoms with Gasteiger partial charge in [-0.1, -0.05) is 158 Å². The van der Waals surface area contributed by atoms with Crippen molar-refractivity contribution in [2.75, 3.05) is 9.80 Å². The number of imidazole rings is 1. The molecule has 0 fully saturated rings. The van der Waals surface area contributed by atoms with Crippen LogP contribution in [0.1, 0.15) is 0 Å². The second-order valence-electron chi connectivity index (χ2n) is 16.0. The monoisotopic (exact) mass is 833 g/mol. The number of nitrogens with zero attached hydrogens (tertiary/aromatic N) is 5.